The molecule has 0 bridgehead atoms. The van der Waals surface area contributed by atoms with Gasteiger partial charge in [0.1, 0.15) is 16.9 Å². The fourth-order valence-electron chi connectivity index (χ4n) is 8.75. The van der Waals surface area contributed by atoms with Gasteiger partial charge in [0.05, 0.1) is 46.2 Å². The van der Waals surface area contributed by atoms with Crippen molar-refractivity contribution >= 4 is 51.6 Å². The molecule has 2 unspecified atom stereocenters. The Hall–Kier alpha value is -5.09. The van der Waals surface area contributed by atoms with E-state index in [4.69, 9.17) is 32.9 Å². The van der Waals surface area contributed by atoms with E-state index < -0.39 is 23.4 Å². The van der Waals surface area contributed by atoms with E-state index >= 15 is 0 Å². The number of β-amino-alcohol motifs (C(OH)–C–C–N with tert-alkyl or cyclic N) is 1. The van der Waals surface area contributed by atoms with E-state index in [0.29, 0.717) is 52.9 Å². The molecule has 17 heteroatoms. The lowest BCUT2D eigenvalue weighted by atomic mass is 9.98. The quantitative estimate of drug-likeness (QED) is 0.180. The first-order chi connectivity index (χ1) is 27.3. The van der Waals surface area contributed by atoms with Gasteiger partial charge in [-0.25, -0.2) is 28.3 Å². The molecule has 2 fully saturated rings. The summed E-state index contributed by atoms with van der Waals surface area (Å²) in [6.07, 6.45) is -0.490. The van der Waals surface area contributed by atoms with E-state index in [0.717, 1.165) is 52.1 Å². The summed E-state index contributed by atoms with van der Waals surface area (Å²) in [5.41, 5.74) is 2.43. The molecule has 1 spiro atoms. The number of alkyl halides is 2. The number of ether oxygens (including phenoxy) is 1. The van der Waals surface area contributed by atoms with E-state index in [1.807, 2.05) is 36.2 Å². The lowest BCUT2D eigenvalue weighted by molar-refractivity contribution is 0.146. The highest BCUT2D eigenvalue weighted by atomic mass is 35.5. The molecule has 5 heterocycles. The minimum Gasteiger partial charge on any atom is -0.481 e. The molecule has 2 aromatic carbocycles. The van der Waals surface area contributed by atoms with Crippen molar-refractivity contribution in [3.63, 3.8) is 0 Å². The van der Waals surface area contributed by atoms with Gasteiger partial charge in [-0.05, 0) is 43.0 Å². The van der Waals surface area contributed by atoms with Gasteiger partial charge in [-0.2, -0.15) is 0 Å². The summed E-state index contributed by atoms with van der Waals surface area (Å²) in [4.78, 5) is 53.9. The van der Waals surface area contributed by atoms with Crippen molar-refractivity contribution in [2.45, 2.75) is 37.3 Å². The molecule has 2 N–H and O–H groups in total. The zero-order valence-corrected chi connectivity index (χ0v) is 33.2. The minimum absolute atomic E-state index is 0.00430. The second-order valence-electron chi connectivity index (χ2n) is 14.8. The first-order valence-corrected chi connectivity index (χ1v) is 19.2. The van der Waals surface area contributed by atoms with E-state index in [1.165, 1.54) is 14.1 Å². The Bertz CT molecular complexity index is 2590. The highest BCUT2D eigenvalue weighted by Crippen LogP contribution is 2.48. The molecule has 57 heavy (non-hydrogen) atoms. The number of carbonyl (C=O) groups is 1. The van der Waals surface area contributed by atoms with Crippen LogP contribution in [0.5, 0.6) is 5.88 Å². The molecule has 3 aromatic heterocycles. The summed E-state index contributed by atoms with van der Waals surface area (Å²) in [5.74, 6) is 0.325. The number of methoxy groups -OCH3 is 1. The summed E-state index contributed by atoms with van der Waals surface area (Å²) < 4.78 is 35.9. The first-order valence-electron chi connectivity index (χ1n) is 18.5. The second kappa shape index (κ2) is 14.7. The van der Waals surface area contributed by atoms with E-state index in [-0.39, 0.29) is 51.6 Å². The largest absolute Gasteiger partial charge is 0.481 e. The zero-order valence-electron chi connectivity index (χ0n) is 31.7. The number of likely N-dealkylation sites (tertiary alicyclic amines) is 1. The molecular weight excluding hydrogens is 781 g/mol. The lowest BCUT2D eigenvalue weighted by Gasteiger charge is -2.32. The number of aliphatic hydroxyl groups is 1. The van der Waals surface area contributed by atoms with Crippen molar-refractivity contribution in [2.24, 2.45) is 14.1 Å². The second-order valence-corrected chi connectivity index (χ2v) is 15.6. The number of pyridine rings is 2. The lowest BCUT2D eigenvalue weighted by Crippen LogP contribution is -2.47. The Morgan fingerprint density at radius 3 is 2.42 bits per heavy atom. The summed E-state index contributed by atoms with van der Waals surface area (Å²) in [7, 11) is 6.15. The number of fused-ring (bicyclic) bond motifs is 2. The fourth-order valence-corrected chi connectivity index (χ4v) is 9.35. The summed E-state index contributed by atoms with van der Waals surface area (Å²) in [5, 5.41) is 13.0. The average molecular weight is 822 g/mol. The van der Waals surface area contributed by atoms with E-state index in [9.17, 15) is 28.3 Å². The Morgan fingerprint density at radius 2 is 1.70 bits per heavy atom. The molecule has 3 aliphatic rings. The summed E-state index contributed by atoms with van der Waals surface area (Å²) in [6, 6.07) is 13.7. The standard InChI is InChI=1S/C40H40Cl2F2N8O5/c1-48-29-18-27(34(43)44)46-35(31(29)37(54)49(2)38(48)55)45-25-10-6-8-23(33(25)42)22-7-5-9-24(32(22)41)26-17-21-11-12-28(30(21)36(47-26)57-4)51-14-13-40(19-51)20-52(15-16-53)39(56)50(40)3/h5-10,17-18,28,34,53H,11-16,19-20H2,1-4H3,(H,45,46). The van der Waals surface area contributed by atoms with Crippen LogP contribution < -0.4 is 21.3 Å². The predicted octanol–water partition coefficient (Wildman–Crippen LogP) is 6.15. The molecule has 2 saturated heterocycles. The molecule has 1 aliphatic carbocycles. The van der Waals surface area contributed by atoms with Crippen LogP contribution in [-0.2, 0) is 20.5 Å². The molecular formula is C40H40Cl2F2N8O5. The number of hydrogen-bond acceptors (Lipinski definition) is 9. The Morgan fingerprint density at radius 1 is 0.982 bits per heavy atom. The van der Waals surface area contributed by atoms with Gasteiger partial charge in [0.15, 0.2) is 0 Å². The number of likely N-dealkylation sites (N-methyl/N-ethyl adjacent to an activating group) is 1. The number of anilines is 2. The number of aromatic nitrogens is 4. The Kier molecular flexibility index (Phi) is 9.99. The van der Waals surface area contributed by atoms with Crippen molar-refractivity contribution in [2.75, 3.05) is 52.3 Å². The summed E-state index contributed by atoms with van der Waals surface area (Å²) >= 11 is 14.2. The van der Waals surface area contributed by atoms with Crippen LogP contribution in [0.3, 0.4) is 0 Å². The number of rotatable bonds is 9. The van der Waals surface area contributed by atoms with Gasteiger partial charge >= 0.3 is 11.7 Å². The van der Waals surface area contributed by atoms with Crippen LogP contribution >= 0.6 is 23.2 Å². The molecule has 0 radical (unpaired) electrons. The van der Waals surface area contributed by atoms with E-state index in [2.05, 4.69) is 15.2 Å². The normalized spacial score (nSPS) is 19.5. The van der Waals surface area contributed by atoms with Crippen LogP contribution in [0.1, 0.15) is 42.1 Å². The number of benzene rings is 2. The van der Waals surface area contributed by atoms with Gasteiger partial charge in [0, 0.05) is 75.6 Å². The third-order valence-electron chi connectivity index (χ3n) is 11.8. The number of aryl methyl sites for hydroxylation is 2. The fraction of sp³-hybridized carbons (Fsp3) is 0.375. The maximum atomic E-state index is 14.0. The van der Waals surface area contributed by atoms with Crippen LogP contribution in [-0.4, -0.2) is 97.4 Å². The predicted molar refractivity (Wildman–Crippen MR) is 214 cm³/mol. The molecule has 8 rings (SSSR count). The van der Waals surface area contributed by atoms with Gasteiger partial charge < -0.3 is 25.0 Å². The molecule has 298 valence electrons. The third-order valence-corrected chi connectivity index (χ3v) is 12.6. The van der Waals surface area contributed by atoms with E-state index in [1.54, 1.807) is 30.2 Å². The maximum absolute atomic E-state index is 14.0. The van der Waals surface area contributed by atoms with Crippen LogP contribution in [0.4, 0.5) is 25.1 Å². The Balaban J connectivity index is 1.12. The SMILES string of the molecule is COc1nc(-c2cccc(-c3cccc(Nc4nc(C(F)F)cc5c4c(=O)n(C)c(=O)n5C)c3Cl)c2Cl)cc2c1C(N1CCC3(CN(CCO)C(=O)N3C)C1)CC2. The van der Waals surface area contributed by atoms with Crippen molar-refractivity contribution in [1.82, 2.24) is 33.8 Å². The number of urea groups is 1. The highest BCUT2D eigenvalue weighted by Gasteiger charge is 2.53. The number of amides is 2. The van der Waals surface area contributed by atoms with Crippen molar-refractivity contribution in [3.8, 4) is 28.3 Å². The monoisotopic (exact) mass is 820 g/mol. The van der Waals surface area contributed by atoms with Crippen molar-refractivity contribution in [3.05, 3.63) is 96.2 Å². The number of hydrogen-bond donors (Lipinski definition) is 2. The van der Waals surface area contributed by atoms with Gasteiger partial charge in [0.2, 0.25) is 5.88 Å². The van der Waals surface area contributed by atoms with Gasteiger partial charge in [-0.15, -0.1) is 0 Å². The third kappa shape index (κ3) is 6.31. The van der Waals surface area contributed by atoms with Crippen molar-refractivity contribution < 1.29 is 23.4 Å². The highest BCUT2D eigenvalue weighted by molar-refractivity contribution is 6.39. The molecule has 2 amide bonds. The zero-order chi connectivity index (χ0) is 40.5. The van der Waals surface area contributed by atoms with Crippen LogP contribution in [0.25, 0.3) is 33.3 Å². The van der Waals surface area contributed by atoms with Crippen LogP contribution in [0.15, 0.2) is 58.1 Å². The first kappa shape index (κ1) is 38.8. The van der Waals surface area contributed by atoms with Gasteiger partial charge in [0.25, 0.3) is 12.0 Å². The average Bonchev–Trinajstić information content (AvgIpc) is 3.89. The summed E-state index contributed by atoms with van der Waals surface area (Å²) in [6.45, 7) is 2.33. The van der Waals surface area contributed by atoms with Crippen LogP contribution in [0.2, 0.25) is 10.0 Å². The van der Waals surface area contributed by atoms with Gasteiger partial charge in [-0.1, -0.05) is 53.5 Å². The topological polar surface area (TPSA) is 138 Å². The molecule has 2 atom stereocenters. The van der Waals surface area contributed by atoms with Crippen LogP contribution in [0, 0.1) is 0 Å². The number of halogens is 4. The smallest absolute Gasteiger partial charge is 0.330 e. The molecule has 2 aliphatic heterocycles. The number of nitrogens with one attached hydrogen (secondary N) is 1. The van der Waals surface area contributed by atoms with Crippen molar-refractivity contribution in [1.29, 1.82) is 0 Å². The molecule has 13 nitrogen and oxygen atoms in total. The number of aliphatic hydroxyl groups excluding tert-OH is 1. The minimum atomic E-state index is -2.97. The molecule has 0 saturated carbocycles. The molecule has 5 aromatic rings. The maximum Gasteiger partial charge on any atom is 0.330 e. The van der Waals surface area contributed by atoms with Gasteiger partial charge in [-0.3, -0.25) is 18.8 Å². The number of nitrogens with zero attached hydrogens (tertiary/aromatic N) is 7. The number of carbonyl (C=O) groups excluding carboxylic acids is 1. The Labute approximate surface area is 336 Å².